The first-order chi connectivity index (χ1) is 8.26. The molecule has 0 aromatic carbocycles. The number of rotatable bonds is 3. The molecule has 2 aromatic rings. The van der Waals surface area contributed by atoms with E-state index in [-0.39, 0.29) is 18.4 Å². The van der Waals surface area contributed by atoms with Gasteiger partial charge in [0.15, 0.2) is 11.5 Å². The van der Waals surface area contributed by atoms with Gasteiger partial charge in [-0.1, -0.05) is 0 Å². The number of hydrogen-bond acceptors (Lipinski definition) is 6. The Morgan fingerprint density at radius 2 is 2.00 bits per heavy atom. The molecule has 0 aliphatic heterocycles. The van der Waals surface area contributed by atoms with Crippen LogP contribution in [-0.4, -0.2) is 33.0 Å². The number of halogens is 1. The third-order valence-corrected chi connectivity index (χ3v) is 2.23. The minimum absolute atomic E-state index is 0.0282. The lowest BCUT2D eigenvalue weighted by atomic mass is 10.4. The highest BCUT2D eigenvalue weighted by atomic mass is 35.5. The van der Waals surface area contributed by atoms with Gasteiger partial charge in [0.2, 0.25) is 5.28 Å². The van der Waals surface area contributed by atoms with E-state index < -0.39 is 0 Å². The summed E-state index contributed by atoms with van der Waals surface area (Å²) in [5.41, 5.74) is 0.959. The number of hydrogen-bond donors (Lipinski definition) is 1. The molecular weight excluding hydrogens is 242 g/mol. The van der Waals surface area contributed by atoms with Crippen molar-refractivity contribution >= 4 is 28.6 Å². The summed E-state index contributed by atoms with van der Waals surface area (Å²) in [5, 5.41) is 17.5. The number of nitriles is 2. The SMILES string of the molecule is N#CCN(CC#N)c1nc(Cl)nc2nc[nH]c12. The molecule has 0 radical (unpaired) electrons. The molecule has 0 aliphatic carbocycles. The molecule has 17 heavy (non-hydrogen) atoms. The Balaban J connectivity index is 2.56. The van der Waals surface area contributed by atoms with E-state index in [2.05, 4.69) is 19.9 Å². The van der Waals surface area contributed by atoms with Gasteiger partial charge in [-0.3, -0.25) is 0 Å². The van der Waals surface area contributed by atoms with Crippen LogP contribution in [0, 0.1) is 22.7 Å². The highest BCUT2D eigenvalue weighted by Gasteiger charge is 2.15. The van der Waals surface area contributed by atoms with Crippen LogP contribution in [-0.2, 0) is 0 Å². The maximum Gasteiger partial charge on any atom is 0.226 e. The van der Waals surface area contributed by atoms with Crippen molar-refractivity contribution in [1.29, 1.82) is 10.5 Å². The predicted octanol–water partition coefficient (Wildman–Crippen LogP) is 0.860. The first-order valence-corrected chi connectivity index (χ1v) is 4.99. The van der Waals surface area contributed by atoms with Crippen LogP contribution in [0.25, 0.3) is 11.2 Å². The van der Waals surface area contributed by atoms with E-state index >= 15 is 0 Å². The summed E-state index contributed by atoms with van der Waals surface area (Å²) in [6.45, 7) is 0.0735. The molecule has 7 nitrogen and oxygen atoms in total. The molecule has 2 aromatic heterocycles. The number of H-pyrrole nitrogens is 1. The van der Waals surface area contributed by atoms with E-state index in [1.165, 1.54) is 11.2 Å². The normalized spacial score (nSPS) is 9.82. The average Bonchev–Trinajstić information content (AvgIpc) is 2.75. The van der Waals surface area contributed by atoms with Gasteiger partial charge in [0.05, 0.1) is 18.5 Å². The molecule has 2 rings (SSSR count). The zero-order valence-electron chi connectivity index (χ0n) is 8.55. The van der Waals surface area contributed by atoms with Crippen molar-refractivity contribution < 1.29 is 0 Å². The summed E-state index contributed by atoms with van der Waals surface area (Å²) in [5.74, 6) is 0.403. The largest absolute Gasteiger partial charge is 0.340 e. The van der Waals surface area contributed by atoms with Crippen molar-refractivity contribution in [3.05, 3.63) is 11.6 Å². The topological polar surface area (TPSA) is 105 Å². The van der Waals surface area contributed by atoms with Gasteiger partial charge in [0.1, 0.15) is 18.6 Å². The molecule has 1 N–H and O–H groups in total. The summed E-state index contributed by atoms with van der Waals surface area (Å²) >= 11 is 5.76. The first-order valence-electron chi connectivity index (χ1n) is 4.61. The Morgan fingerprint density at radius 3 is 2.65 bits per heavy atom. The number of aromatic amines is 1. The lowest BCUT2D eigenvalue weighted by Gasteiger charge is -2.16. The molecule has 84 valence electrons. The number of aromatic nitrogens is 4. The number of anilines is 1. The van der Waals surface area contributed by atoms with Gasteiger partial charge in [-0.2, -0.15) is 20.5 Å². The Kier molecular flexibility index (Phi) is 3.03. The van der Waals surface area contributed by atoms with E-state index in [0.717, 1.165) is 0 Å². The number of fused-ring (bicyclic) bond motifs is 1. The van der Waals surface area contributed by atoms with Gasteiger partial charge in [-0.15, -0.1) is 0 Å². The van der Waals surface area contributed by atoms with Gasteiger partial charge in [0, 0.05) is 0 Å². The molecule has 0 spiro atoms. The van der Waals surface area contributed by atoms with Crippen molar-refractivity contribution in [3.63, 3.8) is 0 Å². The number of nitrogens with zero attached hydrogens (tertiary/aromatic N) is 6. The third kappa shape index (κ3) is 2.10. The fourth-order valence-corrected chi connectivity index (χ4v) is 1.56. The highest BCUT2D eigenvalue weighted by molar-refractivity contribution is 6.28. The Labute approximate surface area is 101 Å². The van der Waals surface area contributed by atoms with Crippen molar-refractivity contribution in [1.82, 2.24) is 19.9 Å². The maximum absolute atomic E-state index is 8.71. The molecule has 0 aliphatic rings. The molecule has 0 saturated carbocycles. The van der Waals surface area contributed by atoms with Crippen molar-refractivity contribution in [2.75, 3.05) is 18.0 Å². The van der Waals surface area contributed by atoms with Crippen LogP contribution in [0.2, 0.25) is 5.28 Å². The zero-order valence-corrected chi connectivity index (χ0v) is 9.31. The molecule has 0 fully saturated rings. The van der Waals surface area contributed by atoms with E-state index in [1.54, 1.807) is 0 Å². The van der Waals surface area contributed by atoms with E-state index in [4.69, 9.17) is 22.1 Å². The van der Waals surface area contributed by atoms with Crippen molar-refractivity contribution in [2.45, 2.75) is 0 Å². The number of nitrogens with one attached hydrogen (secondary N) is 1. The van der Waals surface area contributed by atoms with Gasteiger partial charge in [0.25, 0.3) is 0 Å². The van der Waals surface area contributed by atoms with Gasteiger partial charge < -0.3 is 9.88 Å². The standard InChI is InChI=1S/C9H6ClN7/c10-9-15-7-6(13-5-14-7)8(16-9)17(3-1-11)4-2-12/h5H,3-4H2,(H,13,14,15,16). The Hall–Kier alpha value is -2.38. The predicted molar refractivity (Wildman–Crippen MR) is 60.1 cm³/mol. The van der Waals surface area contributed by atoms with Crippen LogP contribution in [0.15, 0.2) is 6.33 Å². The fraction of sp³-hybridized carbons (Fsp3) is 0.222. The molecule has 0 atom stereocenters. The van der Waals surface area contributed by atoms with Crippen LogP contribution in [0.5, 0.6) is 0 Å². The highest BCUT2D eigenvalue weighted by Crippen LogP contribution is 2.22. The van der Waals surface area contributed by atoms with Crippen molar-refractivity contribution in [3.8, 4) is 12.1 Å². The average molecular weight is 248 g/mol. The van der Waals surface area contributed by atoms with Gasteiger partial charge >= 0.3 is 0 Å². The van der Waals surface area contributed by atoms with Crippen LogP contribution in [0.1, 0.15) is 0 Å². The lowest BCUT2D eigenvalue weighted by Crippen LogP contribution is -2.25. The van der Waals surface area contributed by atoms with E-state index in [0.29, 0.717) is 17.0 Å². The second-order valence-corrected chi connectivity index (χ2v) is 3.43. The van der Waals surface area contributed by atoms with Gasteiger partial charge in [-0.25, -0.2) is 4.98 Å². The maximum atomic E-state index is 8.71. The molecule has 0 amide bonds. The fourth-order valence-electron chi connectivity index (χ4n) is 1.40. The lowest BCUT2D eigenvalue weighted by molar-refractivity contribution is 0.935. The van der Waals surface area contributed by atoms with E-state index in [9.17, 15) is 0 Å². The minimum atomic E-state index is 0.0282. The monoisotopic (exact) mass is 247 g/mol. The molecule has 0 bridgehead atoms. The Bertz CT molecular complexity index is 604. The molecular formula is C9H6ClN7. The quantitative estimate of drug-likeness (QED) is 0.637. The van der Waals surface area contributed by atoms with Crippen LogP contribution < -0.4 is 4.90 Å². The molecule has 2 heterocycles. The molecule has 0 unspecified atom stereocenters. The third-order valence-electron chi connectivity index (χ3n) is 2.06. The van der Waals surface area contributed by atoms with E-state index in [1.807, 2.05) is 12.1 Å². The Morgan fingerprint density at radius 1 is 1.29 bits per heavy atom. The summed E-state index contributed by atoms with van der Waals surface area (Å²) in [7, 11) is 0. The second kappa shape index (κ2) is 4.64. The summed E-state index contributed by atoms with van der Waals surface area (Å²) in [6, 6.07) is 3.93. The van der Waals surface area contributed by atoms with Crippen LogP contribution in [0.3, 0.4) is 0 Å². The zero-order chi connectivity index (χ0) is 12.3. The molecule has 8 heteroatoms. The summed E-state index contributed by atoms with van der Waals surface area (Å²) in [6.07, 6.45) is 1.45. The smallest absolute Gasteiger partial charge is 0.226 e. The van der Waals surface area contributed by atoms with Crippen molar-refractivity contribution in [2.24, 2.45) is 0 Å². The molecule has 0 saturated heterocycles. The van der Waals surface area contributed by atoms with Gasteiger partial charge in [-0.05, 0) is 11.6 Å². The van der Waals surface area contributed by atoms with Crippen LogP contribution >= 0.6 is 11.6 Å². The first kappa shape index (κ1) is 11.1. The number of imidazole rings is 1. The summed E-state index contributed by atoms with van der Waals surface area (Å²) in [4.78, 5) is 16.2. The van der Waals surface area contributed by atoms with Crippen LogP contribution in [0.4, 0.5) is 5.82 Å². The second-order valence-electron chi connectivity index (χ2n) is 3.09. The minimum Gasteiger partial charge on any atom is -0.340 e. The summed E-state index contributed by atoms with van der Waals surface area (Å²) < 4.78 is 0.